The van der Waals surface area contributed by atoms with E-state index in [0.717, 1.165) is 23.8 Å². The molecule has 0 bridgehead atoms. The van der Waals surface area contributed by atoms with Crippen LogP contribution in [0.15, 0.2) is 46.1 Å². The van der Waals surface area contributed by atoms with Gasteiger partial charge in [-0.3, -0.25) is 14.9 Å². The van der Waals surface area contributed by atoms with Gasteiger partial charge in [0.15, 0.2) is 18.2 Å². The Morgan fingerprint density at radius 3 is 2.64 bits per heavy atom. The zero-order chi connectivity index (χ0) is 24.3. The Labute approximate surface area is 184 Å². The second kappa shape index (κ2) is 9.30. The second-order valence-electron chi connectivity index (χ2n) is 6.60. The lowest BCUT2D eigenvalue weighted by Gasteiger charge is -2.14. The summed E-state index contributed by atoms with van der Waals surface area (Å²) in [5.74, 6) is -2.75. The highest BCUT2D eigenvalue weighted by Crippen LogP contribution is 2.37. The minimum absolute atomic E-state index is 0.147. The summed E-state index contributed by atoms with van der Waals surface area (Å²) < 4.78 is 31.6. The van der Waals surface area contributed by atoms with E-state index in [2.05, 4.69) is 9.72 Å². The summed E-state index contributed by atoms with van der Waals surface area (Å²) in [6.45, 7) is 1.00. The lowest BCUT2D eigenvalue weighted by Crippen LogP contribution is -2.38. The molecule has 12 nitrogen and oxygen atoms in total. The van der Waals surface area contributed by atoms with E-state index in [9.17, 15) is 28.9 Å². The maximum absolute atomic E-state index is 14.8. The van der Waals surface area contributed by atoms with Crippen LogP contribution in [0.2, 0.25) is 0 Å². The summed E-state index contributed by atoms with van der Waals surface area (Å²) in [5.41, 5.74) is -2.69. The highest BCUT2D eigenvalue weighted by atomic mass is 19.1. The molecule has 0 amide bonds. The molecule has 0 aliphatic rings. The molecule has 3 aromatic rings. The molecular formula is C20H17FN4O8. The molecule has 0 atom stereocenters. The van der Waals surface area contributed by atoms with Gasteiger partial charge < -0.3 is 18.8 Å². The number of ether oxygens (including phenoxy) is 3. The van der Waals surface area contributed by atoms with Gasteiger partial charge in [-0.2, -0.15) is 0 Å². The standard InChI is InChI=1S/C20H17FN4O8/c1-11-7-17(26)24(20(28)23(11)2)13-9-16(14(25(29)30)8-12(13)21)33-15-5-4-6-22-19(15)32-10-18(27)31-3/h4-9H,10H2,1-3H3. The molecule has 2 aromatic heterocycles. The quantitative estimate of drug-likeness (QED) is 0.292. The molecule has 0 radical (unpaired) electrons. The Bertz CT molecular complexity index is 1370. The predicted octanol–water partition coefficient (Wildman–Crippen LogP) is 1.63. The van der Waals surface area contributed by atoms with E-state index in [0.29, 0.717) is 16.3 Å². The van der Waals surface area contributed by atoms with Crippen LogP contribution in [-0.4, -0.2) is 38.7 Å². The highest BCUT2D eigenvalue weighted by molar-refractivity contribution is 5.71. The van der Waals surface area contributed by atoms with Gasteiger partial charge in [0.25, 0.3) is 11.4 Å². The Morgan fingerprint density at radius 1 is 1.24 bits per heavy atom. The van der Waals surface area contributed by atoms with Crippen molar-refractivity contribution in [2.75, 3.05) is 13.7 Å². The average molecular weight is 460 g/mol. The number of carbonyl (C=O) groups is 1. The van der Waals surface area contributed by atoms with Crippen molar-refractivity contribution in [2.45, 2.75) is 6.92 Å². The Morgan fingerprint density at radius 2 is 1.97 bits per heavy atom. The van der Waals surface area contributed by atoms with Crippen LogP contribution in [0.4, 0.5) is 10.1 Å². The number of hydrogen-bond acceptors (Lipinski definition) is 9. The van der Waals surface area contributed by atoms with Crippen LogP contribution in [0, 0.1) is 22.9 Å². The molecule has 172 valence electrons. The lowest BCUT2D eigenvalue weighted by molar-refractivity contribution is -0.385. The lowest BCUT2D eigenvalue weighted by atomic mass is 10.2. The number of benzene rings is 1. The van der Waals surface area contributed by atoms with Gasteiger partial charge in [-0.15, -0.1) is 0 Å². The topological polar surface area (TPSA) is 145 Å². The van der Waals surface area contributed by atoms with Crippen LogP contribution in [0.1, 0.15) is 5.69 Å². The molecule has 0 fully saturated rings. The van der Waals surface area contributed by atoms with Gasteiger partial charge in [0.05, 0.1) is 23.8 Å². The second-order valence-corrected chi connectivity index (χ2v) is 6.60. The highest BCUT2D eigenvalue weighted by Gasteiger charge is 2.24. The van der Waals surface area contributed by atoms with Crippen molar-refractivity contribution in [3.8, 4) is 23.1 Å². The number of nitro benzene ring substituents is 1. The van der Waals surface area contributed by atoms with Gasteiger partial charge >= 0.3 is 17.3 Å². The molecule has 0 aliphatic heterocycles. The van der Waals surface area contributed by atoms with Crippen LogP contribution >= 0.6 is 0 Å². The SMILES string of the molecule is COC(=O)COc1ncccc1Oc1cc(-n2c(=O)cc(C)n(C)c2=O)c(F)cc1[N+](=O)[O-]. The van der Waals surface area contributed by atoms with Crippen LogP contribution in [-0.2, 0) is 16.6 Å². The summed E-state index contributed by atoms with van der Waals surface area (Å²) in [5, 5.41) is 11.5. The number of rotatable bonds is 7. The average Bonchev–Trinajstić information content (AvgIpc) is 2.78. The molecule has 0 aliphatic carbocycles. The third-order valence-electron chi connectivity index (χ3n) is 4.54. The van der Waals surface area contributed by atoms with E-state index in [1.807, 2.05) is 0 Å². The van der Waals surface area contributed by atoms with E-state index in [4.69, 9.17) is 9.47 Å². The molecular weight excluding hydrogens is 443 g/mol. The number of carbonyl (C=O) groups excluding carboxylic acids is 1. The fraction of sp³-hybridized carbons (Fsp3) is 0.200. The smallest absolute Gasteiger partial charge is 0.343 e. The number of nitrogens with zero attached hydrogens (tertiary/aromatic N) is 4. The first-order valence-corrected chi connectivity index (χ1v) is 9.24. The fourth-order valence-corrected chi connectivity index (χ4v) is 2.75. The van der Waals surface area contributed by atoms with E-state index >= 15 is 0 Å². The maximum Gasteiger partial charge on any atom is 0.343 e. The number of halogens is 1. The summed E-state index contributed by atoms with van der Waals surface area (Å²) in [6, 6.07) is 5.26. The molecule has 0 unspecified atom stereocenters. The van der Waals surface area contributed by atoms with Crippen LogP contribution in [0.3, 0.4) is 0 Å². The Kier molecular flexibility index (Phi) is 6.51. The van der Waals surface area contributed by atoms with Gasteiger partial charge in [-0.25, -0.2) is 23.5 Å². The van der Waals surface area contributed by atoms with Gasteiger partial charge in [0.2, 0.25) is 5.75 Å². The number of nitro groups is 1. The van der Waals surface area contributed by atoms with Crippen molar-refractivity contribution in [3.05, 3.63) is 79.0 Å². The van der Waals surface area contributed by atoms with Gasteiger partial charge in [-0.05, 0) is 19.1 Å². The van der Waals surface area contributed by atoms with E-state index in [1.54, 1.807) is 0 Å². The first-order chi connectivity index (χ1) is 15.6. The monoisotopic (exact) mass is 460 g/mol. The van der Waals surface area contributed by atoms with Crippen molar-refractivity contribution in [1.29, 1.82) is 0 Å². The van der Waals surface area contributed by atoms with Crippen LogP contribution in [0.5, 0.6) is 17.4 Å². The largest absolute Gasteiger partial charge is 0.466 e. The van der Waals surface area contributed by atoms with E-state index in [-0.39, 0.29) is 11.6 Å². The number of hydrogen-bond donors (Lipinski definition) is 0. The fourth-order valence-electron chi connectivity index (χ4n) is 2.75. The third-order valence-corrected chi connectivity index (χ3v) is 4.54. The van der Waals surface area contributed by atoms with Crippen LogP contribution < -0.4 is 20.7 Å². The number of pyridine rings is 1. The zero-order valence-electron chi connectivity index (χ0n) is 17.6. The summed E-state index contributed by atoms with van der Waals surface area (Å²) in [6.07, 6.45) is 1.32. The van der Waals surface area contributed by atoms with E-state index in [1.165, 1.54) is 32.3 Å². The van der Waals surface area contributed by atoms with Gasteiger partial charge in [0, 0.05) is 31.1 Å². The normalized spacial score (nSPS) is 10.5. The van der Waals surface area contributed by atoms with Crippen molar-refractivity contribution >= 4 is 11.7 Å². The first-order valence-electron chi connectivity index (χ1n) is 9.24. The van der Waals surface area contributed by atoms with Crippen molar-refractivity contribution in [3.63, 3.8) is 0 Å². The van der Waals surface area contributed by atoms with E-state index < -0.39 is 51.7 Å². The Balaban J connectivity index is 2.14. The summed E-state index contributed by atoms with van der Waals surface area (Å²) in [7, 11) is 2.54. The number of aromatic nitrogens is 3. The number of aryl methyl sites for hydroxylation is 1. The number of methoxy groups -OCH3 is 1. The summed E-state index contributed by atoms with van der Waals surface area (Å²) >= 11 is 0. The van der Waals surface area contributed by atoms with Gasteiger partial charge in [0.1, 0.15) is 0 Å². The van der Waals surface area contributed by atoms with Crippen molar-refractivity contribution < 1.29 is 28.3 Å². The third kappa shape index (κ3) is 4.71. The van der Waals surface area contributed by atoms with Crippen molar-refractivity contribution in [2.24, 2.45) is 7.05 Å². The minimum atomic E-state index is -1.19. The number of esters is 1. The zero-order valence-corrected chi connectivity index (χ0v) is 17.6. The van der Waals surface area contributed by atoms with Crippen LogP contribution in [0.25, 0.3) is 5.69 Å². The summed E-state index contributed by atoms with van der Waals surface area (Å²) in [4.78, 5) is 50.9. The van der Waals surface area contributed by atoms with Gasteiger partial charge in [-0.1, -0.05) is 0 Å². The first kappa shape index (κ1) is 23.1. The minimum Gasteiger partial charge on any atom is -0.466 e. The molecule has 0 saturated heterocycles. The molecule has 33 heavy (non-hydrogen) atoms. The molecule has 2 heterocycles. The predicted molar refractivity (Wildman–Crippen MR) is 110 cm³/mol. The molecule has 3 rings (SSSR count). The Hall–Kier alpha value is -4.55. The van der Waals surface area contributed by atoms with Crippen molar-refractivity contribution in [1.82, 2.24) is 14.1 Å². The molecule has 0 N–H and O–H groups in total. The maximum atomic E-state index is 14.8. The molecule has 1 aromatic carbocycles. The molecule has 0 spiro atoms. The molecule has 13 heteroatoms. The molecule has 0 saturated carbocycles.